The first kappa shape index (κ1) is 15.9. The van der Waals surface area contributed by atoms with E-state index in [1.165, 1.54) is 0 Å². The molecule has 128 valence electrons. The zero-order valence-corrected chi connectivity index (χ0v) is 14.1. The first-order valence-corrected chi connectivity index (χ1v) is 8.14. The van der Waals surface area contributed by atoms with Crippen molar-refractivity contribution in [3.05, 3.63) is 90.0 Å². The lowest BCUT2D eigenvalue weighted by Crippen LogP contribution is -2.32. The molecule has 1 aliphatic rings. The Hall–Kier alpha value is -3.60. The third-order valence-corrected chi connectivity index (χ3v) is 4.05. The quantitative estimate of drug-likeness (QED) is 0.669. The van der Waals surface area contributed by atoms with E-state index in [1.807, 2.05) is 54.6 Å². The highest BCUT2D eigenvalue weighted by Crippen LogP contribution is 2.28. The lowest BCUT2D eigenvalue weighted by atomic mass is 10.1. The third-order valence-electron chi connectivity index (χ3n) is 4.05. The van der Waals surface area contributed by atoms with Crippen molar-refractivity contribution in [1.29, 1.82) is 0 Å². The molecule has 1 aromatic heterocycles. The Morgan fingerprint density at radius 3 is 2.42 bits per heavy atom. The molecule has 3 aromatic rings. The van der Waals surface area contributed by atoms with E-state index < -0.39 is 0 Å². The number of hydrogen-bond donors (Lipinski definition) is 0. The maximum Gasteiger partial charge on any atom is 0.282 e. The molecule has 5 nitrogen and oxygen atoms in total. The number of para-hydroxylation sites is 1. The Morgan fingerprint density at radius 1 is 1.00 bits per heavy atom. The number of benzene rings is 2. The number of hydrogen-bond acceptors (Lipinski definition) is 4. The number of nitrogens with zero attached hydrogens (tertiary/aromatic N) is 2. The third kappa shape index (κ3) is 2.91. The van der Waals surface area contributed by atoms with E-state index in [9.17, 15) is 4.79 Å². The summed E-state index contributed by atoms with van der Waals surface area (Å²) in [4.78, 5) is 19.2. The van der Waals surface area contributed by atoms with Crippen molar-refractivity contribution in [3.8, 4) is 5.75 Å². The van der Waals surface area contributed by atoms with E-state index in [2.05, 4.69) is 4.99 Å². The van der Waals surface area contributed by atoms with Crippen molar-refractivity contribution in [1.82, 2.24) is 0 Å². The molecule has 0 unspecified atom stereocenters. The molecule has 0 atom stereocenters. The van der Waals surface area contributed by atoms with Gasteiger partial charge in [0.1, 0.15) is 23.0 Å². The fraction of sp³-hybridized carbons (Fsp3) is 0.0476. The van der Waals surface area contributed by atoms with Crippen LogP contribution in [0.2, 0.25) is 0 Å². The summed E-state index contributed by atoms with van der Waals surface area (Å²) in [5, 5.41) is 0. The molecule has 0 radical (unpaired) electrons. The minimum absolute atomic E-state index is 0.196. The standard InChI is InChI=1S/C21H16N2O3/c1-25-17-11-9-15(10-12-17)20-22-19(14-18-8-5-13-26-18)21(24)23(20)16-6-3-2-4-7-16/h2-14H,1H3/b19-14+. The number of aliphatic imine (C=N–C) groups is 1. The number of rotatable bonds is 4. The molecule has 1 amide bonds. The van der Waals surface area contributed by atoms with E-state index in [0.717, 1.165) is 17.0 Å². The van der Waals surface area contributed by atoms with Gasteiger partial charge >= 0.3 is 0 Å². The zero-order valence-electron chi connectivity index (χ0n) is 14.1. The molecule has 0 fully saturated rings. The summed E-state index contributed by atoms with van der Waals surface area (Å²) in [6.45, 7) is 0. The Kier molecular flexibility index (Phi) is 4.11. The first-order valence-electron chi connectivity index (χ1n) is 8.14. The molecule has 0 aliphatic carbocycles. The van der Waals surface area contributed by atoms with Crippen LogP contribution in [0.5, 0.6) is 5.75 Å². The highest BCUT2D eigenvalue weighted by molar-refractivity contribution is 6.33. The molecule has 0 bridgehead atoms. The van der Waals surface area contributed by atoms with Gasteiger partial charge in [-0.25, -0.2) is 4.99 Å². The average Bonchev–Trinajstić information content (AvgIpc) is 3.31. The van der Waals surface area contributed by atoms with Crippen molar-refractivity contribution in [3.63, 3.8) is 0 Å². The van der Waals surface area contributed by atoms with Gasteiger partial charge in [-0.05, 0) is 48.5 Å². The number of amides is 1. The molecule has 1 aliphatic heterocycles. The number of carbonyl (C=O) groups is 1. The molecule has 2 heterocycles. The second kappa shape index (κ2) is 6.72. The van der Waals surface area contributed by atoms with Crippen LogP contribution in [0, 0.1) is 0 Å². The van der Waals surface area contributed by atoms with Crippen LogP contribution in [0.4, 0.5) is 5.69 Å². The molecule has 26 heavy (non-hydrogen) atoms. The van der Waals surface area contributed by atoms with E-state index in [0.29, 0.717) is 17.3 Å². The summed E-state index contributed by atoms with van der Waals surface area (Å²) in [6, 6.07) is 20.5. The van der Waals surface area contributed by atoms with E-state index >= 15 is 0 Å². The minimum atomic E-state index is -0.196. The summed E-state index contributed by atoms with van der Waals surface area (Å²) < 4.78 is 10.5. The van der Waals surface area contributed by atoms with Crippen LogP contribution >= 0.6 is 0 Å². The summed E-state index contributed by atoms with van der Waals surface area (Å²) >= 11 is 0. The molecule has 0 N–H and O–H groups in total. The predicted molar refractivity (Wildman–Crippen MR) is 100 cm³/mol. The fourth-order valence-corrected chi connectivity index (χ4v) is 2.78. The number of furan rings is 1. The molecular formula is C21H16N2O3. The summed E-state index contributed by atoms with van der Waals surface area (Å²) in [5.41, 5.74) is 1.91. The minimum Gasteiger partial charge on any atom is -0.497 e. The van der Waals surface area contributed by atoms with Crippen LogP contribution in [-0.4, -0.2) is 18.9 Å². The van der Waals surface area contributed by atoms with Gasteiger partial charge in [-0.1, -0.05) is 18.2 Å². The van der Waals surface area contributed by atoms with Gasteiger partial charge in [-0.15, -0.1) is 0 Å². The smallest absolute Gasteiger partial charge is 0.282 e. The summed E-state index contributed by atoms with van der Waals surface area (Å²) in [5.74, 6) is 1.71. The van der Waals surface area contributed by atoms with E-state index in [-0.39, 0.29) is 5.91 Å². The van der Waals surface area contributed by atoms with Gasteiger partial charge in [0.05, 0.1) is 19.1 Å². The Labute approximate surface area is 150 Å². The number of anilines is 1. The van der Waals surface area contributed by atoms with E-state index in [1.54, 1.807) is 36.5 Å². The Bertz CT molecular complexity index is 972. The molecular weight excluding hydrogens is 328 g/mol. The van der Waals surface area contributed by atoms with Crippen molar-refractivity contribution in [2.75, 3.05) is 12.0 Å². The summed E-state index contributed by atoms with van der Waals surface area (Å²) in [6.07, 6.45) is 3.21. The molecule has 0 saturated carbocycles. The van der Waals surface area contributed by atoms with Gasteiger partial charge < -0.3 is 9.15 Å². The van der Waals surface area contributed by atoms with Crippen molar-refractivity contribution < 1.29 is 13.9 Å². The fourth-order valence-electron chi connectivity index (χ4n) is 2.78. The zero-order chi connectivity index (χ0) is 17.9. The van der Waals surface area contributed by atoms with Crippen LogP contribution in [0.1, 0.15) is 11.3 Å². The van der Waals surface area contributed by atoms with Crippen LogP contribution in [0.15, 0.2) is 88.1 Å². The Morgan fingerprint density at radius 2 is 1.77 bits per heavy atom. The largest absolute Gasteiger partial charge is 0.497 e. The molecule has 5 heteroatoms. The van der Waals surface area contributed by atoms with Gasteiger partial charge in [0.25, 0.3) is 5.91 Å². The van der Waals surface area contributed by atoms with Crippen LogP contribution in [0.25, 0.3) is 6.08 Å². The lowest BCUT2D eigenvalue weighted by Gasteiger charge is -2.18. The van der Waals surface area contributed by atoms with Gasteiger partial charge in [0, 0.05) is 11.6 Å². The normalized spacial score (nSPS) is 15.4. The predicted octanol–water partition coefficient (Wildman–Crippen LogP) is 4.12. The molecule has 0 saturated heterocycles. The van der Waals surface area contributed by atoms with Crippen molar-refractivity contribution >= 4 is 23.5 Å². The maximum absolute atomic E-state index is 13.0. The second-order valence-electron chi connectivity index (χ2n) is 5.69. The molecule has 2 aromatic carbocycles. The molecule has 4 rings (SSSR count). The highest BCUT2D eigenvalue weighted by atomic mass is 16.5. The SMILES string of the molecule is COc1ccc(C2=N/C(=C/c3ccco3)C(=O)N2c2ccccc2)cc1. The van der Waals surface area contributed by atoms with Gasteiger partial charge in [0.2, 0.25) is 0 Å². The van der Waals surface area contributed by atoms with Gasteiger partial charge in [-0.3, -0.25) is 9.69 Å². The topological polar surface area (TPSA) is 55.0 Å². The van der Waals surface area contributed by atoms with Crippen molar-refractivity contribution in [2.24, 2.45) is 4.99 Å². The monoisotopic (exact) mass is 344 g/mol. The highest BCUT2D eigenvalue weighted by Gasteiger charge is 2.32. The van der Waals surface area contributed by atoms with Crippen LogP contribution in [0.3, 0.4) is 0 Å². The maximum atomic E-state index is 13.0. The van der Waals surface area contributed by atoms with Crippen LogP contribution in [-0.2, 0) is 4.79 Å². The van der Waals surface area contributed by atoms with Gasteiger partial charge in [-0.2, -0.15) is 0 Å². The van der Waals surface area contributed by atoms with Crippen molar-refractivity contribution in [2.45, 2.75) is 0 Å². The summed E-state index contributed by atoms with van der Waals surface area (Å²) in [7, 11) is 1.62. The number of methoxy groups -OCH3 is 1. The van der Waals surface area contributed by atoms with Gasteiger partial charge in [0.15, 0.2) is 0 Å². The molecule has 0 spiro atoms. The number of ether oxygens (including phenoxy) is 1. The average molecular weight is 344 g/mol. The second-order valence-corrected chi connectivity index (χ2v) is 5.69. The van der Waals surface area contributed by atoms with Crippen LogP contribution < -0.4 is 9.64 Å². The Balaban J connectivity index is 1.81. The lowest BCUT2D eigenvalue weighted by molar-refractivity contribution is -0.113. The number of amidine groups is 1. The van der Waals surface area contributed by atoms with E-state index in [4.69, 9.17) is 9.15 Å². The number of carbonyl (C=O) groups excluding carboxylic acids is 1. The first-order chi connectivity index (χ1) is 12.8.